The molecule has 2 N–H and O–H groups in total. The van der Waals surface area contributed by atoms with E-state index in [-0.39, 0.29) is 37.2 Å². The average molecular weight is 563 g/mol. The van der Waals surface area contributed by atoms with Gasteiger partial charge in [0.25, 0.3) is 0 Å². The van der Waals surface area contributed by atoms with Gasteiger partial charge in [-0.05, 0) is 51.9 Å². The van der Waals surface area contributed by atoms with E-state index in [1.54, 1.807) is 0 Å². The predicted molar refractivity (Wildman–Crippen MR) is 147 cm³/mol. The Labute approximate surface area is 224 Å². The molecular formula is C26H50O9Si2. The Morgan fingerprint density at radius 2 is 0.757 bits per heavy atom. The minimum absolute atomic E-state index is 0.218. The van der Waals surface area contributed by atoms with Crippen LogP contribution in [-0.4, -0.2) is 63.2 Å². The van der Waals surface area contributed by atoms with Crippen molar-refractivity contribution in [3.05, 3.63) is 0 Å². The molecule has 9 nitrogen and oxygen atoms in total. The van der Waals surface area contributed by atoms with Gasteiger partial charge in [-0.2, -0.15) is 0 Å². The van der Waals surface area contributed by atoms with Crippen LogP contribution in [0.5, 0.6) is 0 Å². The largest absolute Gasteiger partial charge is 0.481 e. The van der Waals surface area contributed by atoms with Gasteiger partial charge in [0, 0.05) is 25.7 Å². The number of unbranched alkanes of at least 4 members (excludes halogenated alkanes) is 10. The molecular weight excluding hydrogens is 512 g/mol. The smallest absolute Gasteiger partial charge is 0.305 e. The highest BCUT2D eigenvalue weighted by molar-refractivity contribution is 6.84. The summed E-state index contributed by atoms with van der Waals surface area (Å²) in [5, 5.41) is 17.2. The molecule has 0 spiro atoms. The van der Waals surface area contributed by atoms with Gasteiger partial charge >= 0.3 is 23.9 Å². The SMILES string of the molecule is C[Si](C)(COC(=O)CCCCCCCCC(=O)O)O[Si](C)(C)COC(=O)CCCCCCCCC(=O)O. The van der Waals surface area contributed by atoms with E-state index < -0.39 is 28.6 Å². The van der Waals surface area contributed by atoms with Crippen molar-refractivity contribution in [2.24, 2.45) is 0 Å². The molecule has 0 amide bonds. The summed E-state index contributed by atoms with van der Waals surface area (Å²) in [5.41, 5.74) is 0. The van der Waals surface area contributed by atoms with Crippen LogP contribution in [0.2, 0.25) is 26.2 Å². The second-order valence-electron chi connectivity index (χ2n) is 11.0. The van der Waals surface area contributed by atoms with Crippen molar-refractivity contribution < 1.29 is 43.0 Å². The highest BCUT2D eigenvalue weighted by atomic mass is 28.4. The number of hydrogen-bond donors (Lipinski definition) is 2. The topological polar surface area (TPSA) is 136 Å². The Morgan fingerprint density at radius 1 is 0.486 bits per heavy atom. The molecule has 0 aliphatic rings. The van der Waals surface area contributed by atoms with Crippen LogP contribution in [0.25, 0.3) is 0 Å². The molecule has 0 aliphatic carbocycles. The second kappa shape index (κ2) is 20.3. The van der Waals surface area contributed by atoms with E-state index >= 15 is 0 Å². The van der Waals surface area contributed by atoms with Gasteiger partial charge < -0.3 is 23.8 Å². The molecule has 216 valence electrons. The zero-order valence-electron chi connectivity index (χ0n) is 23.5. The number of ether oxygens (including phenoxy) is 2. The molecule has 11 heteroatoms. The molecule has 0 heterocycles. The van der Waals surface area contributed by atoms with Crippen molar-refractivity contribution in [3.8, 4) is 0 Å². The Balaban J connectivity index is 3.94. The zero-order chi connectivity index (χ0) is 28.2. The maximum Gasteiger partial charge on any atom is 0.305 e. The standard InChI is InChI=1S/C26H50O9Si2/c1-36(2,21-33-25(31)19-15-11-7-5-9-13-17-23(27)28)35-37(3,4)22-34-26(32)20-16-12-8-6-10-14-18-24(29)30/h5-22H2,1-4H3,(H,27,28)(H,29,30). The summed E-state index contributed by atoms with van der Waals surface area (Å²) in [4.78, 5) is 45.2. The first kappa shape index (κ1) is 35.3. The summed E-state index contributed by atoms with van der Waals surface area (Å²) < 4.78 is 17.3. The lowest BCUT2D eigenvalue weighted by atomic mass is 10.1. The van der Waals surface area contributed by atoms with Crippen molar-refractivity contribution in [1.29, 1.82) is 0 Å². The number of rotatable bonds is 24. The Morgan fingerprint density at radius 3 is 1.05 bits per heavy atom. The third kappa shape index (κ3) is 24.4. The van der Waals surface area contributed by atoms with Gasteiger partial charge in [0.05, 0.1) is 0 Å². The second-order valence-corrected chi connectivity index (χ2v) is 19.4. The van der Waals surface area contributed by atoms with Gasteiger partial charge in [-0.25, -0.2) is 0 Å². The van der Waals surface area contributed by atoms with Crippen molar-refractivity contribution in [2.45, 2.75) is 129 Å². The fraction of sp³-hybridized carbons (Fsp3) is 0.846. The lowest BCUT2D eigenvalue weighted by Crippen LogP contribution is -2.51. The number of esters is 2. The zero-order valence-corrected chi connectivity index (χ0v) is 25.5. The number of aliphatic carboxylic acids is 2. The van der Waals surface area contributed by atoms with Gasteiger partial charge in [-0.15, -0.1) is 0 Å². The number of carbonyl (C=O) groups is 4. The van der Waals surface area contributed by atoms with Crippen molar-refractivity contribution in [3.63, 3.8) is 0 Å². The van der Waals surface area contributed by atoms with E-state index in [9.17, 15) is 19.2 Å². The molecule has 0 saturated heterocycles. The van der Waals surface area contributed by atoms with Crippen molar-refractivity contribution in [2.75, 3.05) is 12.5 Å². The molecule has 37 heavy (non-hydrogen) atoms. The molecule has 0 unspecified atom stereocenters. The van der Waals surface area contributed by atoms with Crippen molar-refractivity contribution >= 4 is 40.5 Å². The van der Waals surface area contributed by atoms with E-state index in [0.29, 0.717) is 25.7 Å². The van der Waals surface area contributed by atoms with Crippen LogP contribution in [0.3, 0.4) is 0 Å². The third-order valence-corrected chi connectivity index (χ3v) is 11.9. The molecule has 0 aliphatic heterocycles. The van der Waals surface area contributed by atoms with Gasteiger partial charge in [-0.1, -0.05) is 51.4 Å². The molecule has 0 saturated carbocycles. The monoisotopic (exact) mass is 562 g/mol. The Kier molecular flexibility index (Phi) is 19.3. The summed E-state index contributed by atoms with van der Waals surface area (Å²) in [7, 11) is -4.53. The highest BCUT2D eigenvalue weighted by Gasteiger charge is 2.35. The molecule has 0 rings (SSSR count). The van der Waals surface area contributed by atoms with Gasteiger partial charge in [0.1, 0.15) is 12.5 Å². The maximum atomic E-state index is 12.1. The number of carboxylic acid groups (broad SMARTS) is 2. The summed E-state index contributed by atoms with van der Waals surface area (Å²) in [6.45, 7) is 8.02. The van der Waals surface area contributed by atoms with Crippen LogP contribution < -0.4 is 0 Å². The molecule has 0 aromatic heterocycles. The molecule has 0 aromatic carbocycles. The summed E-state index contributed by atoms with van der Waals surface area (Å²) in [5.74, 6) is -1.95. The van der Waals surface area contributed by atoms with Crippen LogP contribution in [-0.2, 0) is 32.8 Å². The number of carboxylic acids is 2. The molecule has 0 fully saturated rings. The molecule has 0 bridgehead atoms. The minimum atomic E-state index is -2.26. The van der Waals surface area contributed by atoms with E-state index in [2.05, 4.69) is 0 Å². The first-order valence-electron chi connectivity index (χ1n) is 13.8. The average Bonchev–Trinajstić information content (AvgIpc) is 2.79. The summed E-state index contributed by atoms with van der Waals surface area (Å²) in [6, 6.07) is 0. The highest BCUT2D eigenvalue weighted by Crippen LogP contribution is 2.17. The lowest BCUT2D eigenvalue weighted by Gasteiger charge is -2.33. The first-order valence-corrected chi connectivity index (χ1v) is 20.0. The van der Waals surface area contributed by atoms with E-state index in [0.717, 1.165) is 64.2 Å². The van der Waals surface area contributed by atoms with Crippen LogP contribution in [0.4, 0.5) is 0 Å². The maximum absolute atomic E-state index is 12.1. The molecule has 0 aromatic rings. The normalized spacial score (nSPS) is 11.8. The number of carbonyl (C=O) groups excluding carboxylic acids is 2. The van der Waals surface area contributed by atoms with Gasteiger partial charge in [0.15, 0.2) is 0 Å². The fourth-order valence-electron chi connectivity index (χ4n) is 3.97. The lowest BCUT2D eigenvalue weighted by molar-refractivity contribution is -0.142. The summed E-state index contributed by atoms with van der Waals surface area (Å²) in [6.07, 6.45) is 12.3. The minimum Gasteiger partial charge on any atom is -0.481 e. The van der Waals surface area contributed by atoms with E-state index in [1.807, 2.05) is 26.2 Å². The van der Waals surface area contributed by atoms with Crippen LogP contribution in [0.15, 0.2) is 0 Å². The summed E-state index contributed by atoms with van der Waals surface area (Å²) >= 11 is 0. The molecule has 0 atom stereocenters. The van der Waals surface area contributed by atoms with E-state index in [4.69, 9.17) is 23.8 Å². The Bertz CT molecular complexity index is 625. The van der Waals surface area contributed by atoms with Gasteiger partial charge in [-0.3, -0.25) is 19.2 Å². The predicted octanol–water partition coefficient (Wildman–Crippen LogP) is 5.99. The van der Waals surface area contributed by atoms with Crippen LogP contribution in [0.1, 0.15) is 103 Å². The number of hydrogen-bond acceptors (Lipinski definition) is 7. The van der Waals surface area contributed by atoms with Gasteiger partial charge in [0.2, 0.25) is 16.6 Å². The van der Waals surface area contributed by atoms with Crippen LogP contribution in [0, 0.1) is 0 Å². The first-order chi connectivity index (χ1) is 17.3. The molecule has 0 radical (unpaired) electrons. The third-order valence-electron chi connectivity index (χ3n) is 5.76. The quantitative estimate of drug-likeness (QED) is 0.0825. The van der Waals surface area contributed by atoms with E-state index in [1.165, 1.54) is 0 Å². The fourth-order valence-corrected chi connectivity index (χ4v) is 11.4. The Hall–Kier alpha value is -1.73. The van der Waals surface area contributed by atoms with Crippen molar-refractivity contribution in [1.82, 2.24) is 0 Å². The van der Waals surface area contributed by atoms with Crippen LogP contribution >= 0.6 is 0 Å².